The van der Waals surface area contributed by atoms with Crippen LogP contribution < -0.4 is 10.6 Å². The van der Waals surface area contributed by atoms with Gasteiger partial charge in [-0.3, -0.25) is 14.4 Å². The molecule has 2 atom stereocenters. The summed E-state index contributed by atoms with van der Waals surface area (Å²) in [7, 11) is 0. The fourth-order valence-electron chi connectivity index (χ4n) is 3.20. The Morgan fingerprint density at radius 2 is 2.19 bits per heavy atom. The molecule has 3 N–H and O–H groups in total. The molecule has 7 heteroatoms. The van der Waals surface area contributed by atoms with E-state index < -0.39 is 11.9 Å². The van der Waals surface area contributed by atoms with Gasteiger partial charge in [0.05, 0.1) is 5.92 Å². The van der Waals surface area contributed by atoms with E-state index >= 15 is 0 Å². The summed E-state index contributed by atoms with van der Waals surface area (Å²) in [5.74, 6) is -2.47. The summed E-state index contributed by atoms with van der Waals surface area (Å²) in [6, 6.07) is 4.24. The fraction of sp³-hybridized carbons (Fsp3) is 0.526. The molecule has 1 heterocycles. The summed E-state index contributed by atoms with van der Waals surface area (Å²) in [4.78, 5) is 35.2. The molecule has 1 aliphatic rings. The lowest BCUT2D eigenvalue weighted by atomic mass is 9.94. The molecular weight excluding hydrogens is 339 g/mol. The first-order valence-corrected chi connectivity index (χ1v) is 8.86. The van der Waals surface area contributed by atoms with E-state index in [2.05, 4.69) is 10.6 Å². The van der Waals surface area contributed by atoms with Gasteiger partial charge >= 0.3 is 5.97 Å². The zero-order valence-corrected chi connectivity index (χ0v) is 14.9. The number of hydrogen-bond acceptors (Lipinski definition) is 3. The number of rotatable bonds is 7. The van der Waals surface area contributed by atoms with Crippen LogP contribution in [0.1, 0.15) is 36.8 Å². The molecule has 26 heavy (non-hydrogen) atoms. The van der Waals surface area contributed by atoms with Crippen molar-refractivity contribution in [2.75, 3.05) is 13.1 Å². The van der Waals surface area contributed by atoms with E-state index in [0.717, 1.165) is 18.4 Å². The van der Waals surface area contributed by atoms with Crippen LogP contribution in [0.4, 0.5) is 4.39 Å². The van der Waals surface area contributed by atoms with Crippen LogP contribution in [0.2, 0.25) is 0 Å². The third-order valence-corrected chi connectivity index (χ3v) is 4.73. The zero-order valence-electron chi connectivity index (χ0n) is 14.9. The number of aryl methyl sites for hydroxylation is 1. The Hall–Kier alpha value is -2.44. The number of amides is 2. The summed E-state index contributed by atoms with van der Waals surface area (Å²) in [6.07, 6.45) is 2.39. The highest BCUT2D eigenvalue weighted by atomic mass is 19.1. The second-order valence-corrected chi connectivity index (χ2v) is 6.88. The van der Waals surface area contributed by atoms with E-state index in [1.807, 2.05) is 0 Å². The van der Waals surface area contributed by atoms with Crippen LogP contribution in [-0.2, 0) is 20.8 Å². The summed E-state index contributed by atoms with van der Waals surface area (Å²) in [5, 5.41) is 14.9. The van der Waals surface area contributed by atoms with Crippen LogP contribution in [0.25, 0.3) is 0 Å². The number of carbonyl (C=O) groups excluding carboxylic acids is 2. The maximum atomic E-state index is 13.2. The average molecular weight is 364 g/mol. The fourth-order valence-corrected chi connectivity index (χ4v) is 3.20. The van der Waals surface area contributed by atoms with Gasteiger partial charge < -0.3 is 15.7 Å². The number of aliphatic carboxylic acids is 1. The minimum Gasteiger partial charge on any atom is -0.481 e. The number of hydrogen-bond donors (Lipinski definition) is 3. The molecule has 6 nitrogen and oxygen atoms in total. The smallest absolute Gasteiger partial charge is 0.308 e. The molecule has 2 amide bonds. The third kappa shape index (κ3) is 6.13. The second-order valence-electron chi connectivity index (χ2n) is 6.88. The van der Waals surface area contributed by atoms with Crippen molar-refractivity contribution in [1.29, 1.82) is 0 Å². The molecule has 1 aliphatic heterocycles. The minimum atomic E-state index is -1.01. The van der Waals surface area contributed by atoms with Crippen molar-refractivity contribution in [3.63, 3.8) is 0 Å². The van der Waals surface area contributed by atoms with Crippen molar-refractivity contribution >= 4 is 17.8 Å². The lowest BCUT2D eigenvalue weighted by molar-refractivity contribution is -0.141. The van der Waals surface area contributed by atoms with E-state index in [4.69, 9.17) is 0 Å². The SMILES string of the molecule is Cc1cc(F)ccc1CC(CNC(=O)CC1CCCNC(=O)C1)C(=O)O. The summed E-state index contributed by atoms with van der Waals surface area (Å²) >= 11 is 0. The highest BCUT2D eigenvalue weighted by Gasteiger charge is 2.23. The van der Waals surface area contributed by atoms with Crippen LogP contribution in [0.5, 0.6) is 0 Å². The average Bonchev–Trinajstić information content (AvgIpc) is 2.76. The van der Waals surface area contributed by atoms with Gasteiger partial charge in [-0.25, -0.2) is 4.39 Å². The zero-order chi connectivity index (χ0) is 19.1. The quantitative estimate of drug-likeness (QED) is 0.687. The predicted octanol–water partition coefficient (Wildman–Crippen LogP) is 1.80. The van der Waals surface area contributed by atoms with E-state index in [-0.39, 0.29) is 42.9 Å². The first kappa shape index (κ1) is 19.9. The van der Waals surface area contributed by atoms with Crippen LogP contribution in [-0.4, -0.2) is 36.0 Å². The second kappa shape index (κ2) is 9.31. The van der Waals surface area contributed by atoms with Crippen LogP contribution in [0.3, 0.4) is 0 Å². The number of benzene rings is 1. The molecule has 1 fully saturated rings. The topological polar surface area (TPSA) is 95.5 Å². The van der Waals surface area contributed by atoms with Crippen molar-refractivity contribution in [3.8, 4) is 0 Å². The Morgan fingerprint density at radius 1 is 1.42 bits per heavy atom. The van der Waals surface area contributed by atoms with Gasteiger partial charge in [0.25, 0.3) is 0 Å². The Kier molecular flexibility index (Phi) is 7.12. The monoisotopic (exact) mass is 364 g/mol. The molecule has 0 aromatic heterocycles. The first-order valence-electron chi connectivity index (χ1n) is 8.86. The number of nitrogens with one attached hydrogen (secondary N) is 2. The molecule has 0 saturated carbocycles. The lowest BCUT2D eigenvalue weighted by Gasteiger charge is -2.17. The van der Waals surface area contributed by atoms with Gasteiger partial charge in [0.2, 0.25) is 11.8 Å². The van der Waals surface area contributed by atoms with Gasteiger partial charge in [-0.2, -0.15) is 0 Å². The van der Waals surface area contributed by atoms with Gasteiger partial charge in [-0.05, 0) is 55.4 Å². The number of carbonyl (C=O) groups is 3. The minimum absolute atomic E-state index is 0.00387. The molecule has 0 spiro atoms. The Balaban J connectivity index is 1.88. The first-order chi connectivity index (χ1) is 12.3. The number of carboxylic acids is 1. The standard InChI is InChI=1S/C19H25FN2O4/c1-12-7-16(20)5-4-14(12)10-15(19(25)26)11-22-18(24)9-13-3-2-6-21-17(23)8-13/h4-5,7,13,15H,2-3,6,8-11H2,1H3,(H,21,23)(H,22,24)(H,25,26). The highest BCUT2D eigenvalue weighted by molar-refractivity contribution is 5.80. The van der Waals surface area contributed by atoms with E-state index in [9.17, 15) is 23.9 Å². The Labute approximate surface area is 152 Å². The molecule has 1 aromatic carbocycles. The van der Waals surface area contributed by atoms with E-state index in [1.165, 1.54) is 12.1 Å². The Bertz CT molecular complexity index is 678. The largest absolute Gasteiger partial charge is 0.481 e. The molecular formula is C19H25FN2O4. The van der Waals surface area contributed by atoms with E-state index in [0.29, 0.717) is 18.5 Å². The van der Waals surface area contributed by atoms with Gasteiger partial charge in [0.15, 0.2) is 0 Å². The third-order valence-electron chi connectivity index (χ3n) is 4.73. The molecule has 1 saturated heterocycles. The molecule has 0 radical (unpaired) electrons. The normalized spacial score (nSPS) is 18.5. The number of carboxylic acid groups (broad SMARTS) is 1. The predicted molar refractivity (Wildman–Crippen MR) is 93.9 cm³/mol. The van der Waals surface area contributed by atoms with Crippen molar-refractivity contribution in [2.24, 2.45) is 11.8 Å². The van der Waals surface area contributed by atoms with Gasteiger partial charge in [0.1, 0.15) is 5.82 Å². The van der Waals surface area contributed by atoms with Crippen LogP contribution in [0, 0.1) is 24.6 Å². The van der Waals surface area contributed by atoms with Gasteiger partial charge in [0, 0.05) is 25.9 Å². The summed E-state index contributed by atoms with van der Waals surface area (Å²) < 4.78 is 13.2. The van der Waals surface area contributed by atoms with Crippen LogP contribution >= 0.6 is 0 Å². The van der Waals surface area contributed by atoms with Crippen molar-refractivity contribution in [2.45, 2.75) is 39.0 Å². The maximum Gasteiger partial charge on any atom is 0.308 e. The van der Waals surface area contributed by atoms with Crippen molar-refractivity contribution in [3.05, 3.63) is 35.1 Å². The van der Waals surface area contributed by atoms with Crippen LogP contribution in [0.15, 0.2) is 18.2 Å². The maximum absolute atomic E-state index is 13.2. The molecule has 0 bridgehead atoms. The lowest BCUT2D eigenvalue weighted by Crippen LogP contribution is -2.35. The van der Waals surface area contributed by atoms with E-state index in [1.54, 1.807) is 13.0 Å². The summed E-state index contributed by atoms with van der Waals surface area (Å²) in [5.41, 5.74) is 1.43. The summed E-state index contributed by atoms with van der Waals surface area (Å²) in [6.45, 7) is 2.37. The van der Waals surface area contributed by atoms with Crippen molar-refractivity contribution < 1.29 is 23.9 Å². The number of halogens is 1. The Morgan fingerprint density at radius 3 is 2.88 bits per heavy atom. The van der Waals surface area contributed by atoms with Crippen molar-refractivity contribution in [1.82, 2.24) is 10.6 Å². The highest BCUT2D eigenvalue weighted by Crippen LogP contribution is 2.18. The molecule has 0 aliphatic carbocycles. The van der Waals surface area contributed by atoms with Gasteiger partial charge in [-0.15, -0.1) is 0 Å². The molecule has 142 valence electrons. The molecule has 1 aromatic rings. The molecule has 2 rings (SSSR count). The molecule has 2 unspecified atom stereocenters. The van der Waals surface area contributed by atoms with Gasteiger partial charge in [-0.1, -0.05) is 6.07 Å².